The first-order valence-corrected chi connectivity index (χ1v) is 10.6. The molecule has 31 heavy (non-hydrogen) atoms. The molecule has 2 N–H and O–H groups in total. The highest BCUT2D eigenvalue weighted by Gasteiger charge is 2.34. The zero-order valence-corrected chi connectivity index (χ0v) is 17.9. The van der Waals surface area contributed by atoms with Crippen molar-refractivity contribution in [3.05, 3.63) is 53.6 Å². The maximum Gasteiger partial charge on any atom is 0.418 e. The maximum atomic E-state index is 13.1. The van der Waals surface area contributed by atoms with Gasteiger partial charge in [-0.15, -0.1) is 0 Å². The molecular formula is C20H22F3N3O4S. The van der Waals surface area contributed by atoms with E-state index in [-0.39, 0.29) is 23.0 Å². The predicted octanol–water partition coefficient (Wildman–Crippen LogP) is 3.62. The summed E-state index contributed by atoms with van der Waals surface area (Å²) in [7, 11) is -4.17. The number of sulfonamides is 1. The Hall–Kier alpha value is -2.92. The summed E-state index contributed by atoms with van der Waals surface area (Å²) in [5, 5.41) is 4.62. The highest BCUT2D eigenvalue weighted by atomic mass is 32.2. The van der Waals surface area contributed by atoms with E-state index in [1.165, 1.54) is 44.2 Å². The summed E-state index contributed by atoms with van der Waals surface area (Å²) >= 11 is 0. The van der Waals surface area contributed by atoms with Gasteiger partial charge in [-0.2, -0.15) is 17.5 Å². The van der Waals surface area contributed by atoms with Crippen LogP contribution >= 0.6 is 0 Å². The molecule has 0 aliphatic carbocycles. The van der Waals surface area contributed by atoms with Crippen molar-refractivity contribution in [2.45, 2.75) is 31.8 Å². The van der Waals surface area contributed by atoms with Crippen molar-refractivity contribution in [1.29, 1.82) is 0 Å². The van der Waals surface area contributed by atoms with Crippen molar-refractivity contribution >= 4 is 33.2 Å². The Morgan fingerprint density at radius 3 is 2.29 bits per heavy atom. The molecule has 2 aromatic rings. The number of carbonyl (C=O) groups is 2. The van der Waals surface area contributed by atoms with Gasteiger partial charge in [-0.05, 0) is 36.8 Å². The normalized spacial score (nSPS) is 12.0. The van der Waals surface area contributed by atoms with Crippen molar-refractivity contribution in [2.75, 3.05) is 23.7 Å². The molecule has 7 nitrogen and oxygen atoms in total. The Labute approximate surface area is 178 Å². The summed E-state index contributed by atoms with van der Waals surface area (Å²) in [5.41, 5.74) is -0.850. The van der Waals surface area contributed by atoms with Crippen LogP contribution in [-0.2, 0) is 25.8 Å². The Bertz CT molecular complexity index is 1090. The number of para-hydroxylation sites is 1. The Balaban J connectivity index is 2.29. The molecule has 0 heterocycles. The van der Waals surface area contributed by atoms with Crippen LogP contribution in [0.25, 0.3) is 0 Å². The van der Waals surface area contributed by atoms with Gasteiger partial charge in [0.15, 0.2) is 0 Å². The van der Waals surface area contributed by atoms with Crippen LogP contribution in [0.3, 0.4) is 0 Å². The first-order chi connectivity index (χ1) is 14.4. The maximum absolute atomic E-state index is 13.1. The number of rotatable bonds is 7. The van der Waals surface area contributed by atoms with Crippen LogP contribution in [0, 0.1) is 6.92 Å². The Morgan fingerprint density at radius 2 is 1.71 bits per heavy atom. The van der Waals surface area contributed by atoms with E-state index in [1.54, 1.807) is 6.92 Å². The smallest absolute Gasteiger partial charge is 0.326 e. The minimum atomic E-state index is -4.68. The van der Waals surface area contributed by atoms with Gasteiger partial charge in [0, 0.05) is 19.2 Å². The fraction of sp³-hybridized carbons (Fsp3) is 0.300. The van der Waals surface area contributed by atoms with Gasteiger partial charge < -0.3 is 10.6 Å². The lowest BCUT2D eigenvalue weighted by Gasteiger charge is -2.22. The first kappa shape index (κ1) is 24.4. The third-order valence-electron chi connectivity index (χ3n) is 4.31. The average Bonchev–Trinajstić information content (AvgIpc) is 2.66. The second kappa shape index (κ2) is 9.48. The van der Waals surface area contributed by atoms with E-state index in [0.29, 0.717) is 5.56 Å². The topological polar surface area (TPSA) is 95.6 Å². The standard InChI is InChI=1S/C20H22F3N3O4S/c1-4-26(12-19(28)25-17-8-6-5-7-16(17)20(21,22)23)31(29,30)18-11-15(24-14(3)27)10-9-13(18)2/h5-11H,4,12H2,1-3H3,(H,24,27)(H,25,28). The fourth-order valence-electron chi connectivity index (χ4n) is 2.85. The molecule has 0 saturated carbocycles. The van der Waals surface area contributed by atoms with E-state index < -0.39 is 39.9 Å². The van der Waals surface area contributed by atoms with Crippen molar-refractivity contribution < 1.29 is 31.2 Å². The number of benzene rings is 2. The van der Waals surface area contributed by atoms with Gasteiger partial charge in [-0.25, -0.2) is 8.42 Å². The van der Waals surface area contributed by atoms with E-state index in [4.69, 9.17) is 0 Å². The molecule has 0 radical (unpaired) electrons. The highest BCUT2D eigenvalue weighted by Crippen LogP contribution is 2.34. The molecular weight excluding hydrogens is 435 g/mol. The molecule has 0 unspecified atom stereocenters. The monoisotopic (exact) mass is 457 g/mol. The lowest BCUT2D eigenvalue weighted by Crippen LogP contribution is -2.38. The number of halogens is 3. The number of carbonyl (C=O) groups excluding carboxylic acids is 2. The van der Waals surface area contributed by atoms with Crippen molar-refractivity contribution in [3.8, 4) is 0 Å². The summed E-state index contributed by atoms with van der Waals surface area (Å²) in [5.74, 6) is -1.31. The van der Waals surface area contributed by atoms with Crippen molar-refractivity contribution in [1.82, 2.24) is 4.31 Å². The van der Waals surface area contributed by atoms with Crippen molar-refractivity contribution in [2.24, 2.45) is 0 Å². The third kappa shape index (κ3) is 6.05. The third-order valence-corrected chi connectivity index (χ3v) is 6.37. The zero-order chi connectivity index (χ0) is 23.4. The van der Waals surface area contributed by atoms with Crippen LogP contribution in [0.4, 0.5) is 24.5 Å². The summed E-state index contributed by atoms with van der Waals surface area (Å²) < 4.78 is 66.4. The lowest BCUT2D eigenvalue weighted by atomic mass is 10.1. The molecule has 0 aliphatic heterocycles. The summed E-state index contributed by atoms with van der Waals surface area (Å²) in [6, 6.07) is 8.74. The van der Waals surface area contributed by atoms with Gasteiger partial charge in [-0.1, -0.05) is 25.1 Å². The van der Waals surface area contributed by atoms with E-state index in [0.717, 1.165) is 16.4 Å². The van der Waals surface area contributed by atoms with Gasteiger partial charge in [0.25, 0.3) is 0 Å². The molecule has 0 atom stereocenters. The number of amides is 2. The van der Waals surface area contributed by atoms with Crippen LogP contribution in [0.15, 0.2) is 47.4 Å². The number of nitrogens with zero attached hydrogens (tertiary/aromatic N) is 1. The minimum Gasteiger partial charge on any atom is -0.326 e. The van der Waals surface area contributed by atoms with Crippen LogP contribution in [0.2, 0.25) is 0 Å². The molecule has 2 rings (SSSR count). The van der Waals surface area contributed by atoms with Crippen molar-refractivity contribution in [3.63, 3.8) is 0 Å². The highest BCUT2D eigenvalue weighted by molar-refractivity contribution is 7.89. The summed E-state index contributed by atoms with van der Waals surface area (Å²) in [6.07, 6.45) is -4.68. The second-order valence-electron chi connectivity index (χ2n) is 6.68. The second-order valence-corrected chi connectivity index (χ2v) is 8.59. The van der Waals surface area contributed by atoms with E-state index in [1.807, 2.05) is 0 Å². The lowest BCUT2D eigenvalue weighted by molar-refractivity contribution is -0.137. The van der Waals surface area contributed by atoms with E-state index in [9.17, 15) is 31.2 Å². The number of hydrogen-bond acceptors (Lipinski definition) is 4. The number of aryl methyl sites for hydroxylation is 1. The fourth-order valence-corrected chi connectivity index (χ4v) is 4.51. The largest absolute Gasteiger partial charge is 0.418 e. The van der Waals surface area contributed by atoms with Crippen LogP contribution < -0.4 is 10.6 Å². The molecule has 0 spiro atoms. The summed E-state index contributed by atoms with van der Waals surface area (Å²) in [6.45, 7) is 3.55. The molecule has 0 aromatic heterocycles. The molecule has 0 aliphatic rings. The minimum absolute atomic E-state index is 0.0968. The summed E-state index contributed by atoms with van der Waals surface area (Å²) in [4.78, 5) is 23.5. The number of hydrogen-bond donors (Lipinski definition) is 2. The van der Waals surface area contributed by atoms with Gasteiger partial charge in [0.05, 0.1) is 22.7 Å². The van der Waals surface area contributed by atoms with Gasteiger partial charge >= 0.3 is 6.18 Å². The van der Waals surface area contributed by atoms with Crippen LogP contribution in [0.5, 0.6) is 0 Å². The quantitative estimate of drug-likeness (QED) is 0.664. The molecule has 0 fully saturated rings. The number of likely N-dealkylation sites (N-methyl/N-ethyl adjacent to an activating group) is 1. The number of nitrogens with one attached hydrogen (secondary N) is 2. The SMILES string of the molecule is CCN(CC(=O)Nc1ccccc1C(F)(F)F)S(=O)(=O)c1cc(NC(C)=O)ccc1C. The molecule has 2 amide bonds. The Kier molecular flexibility index (Phi) is 7.45. The van der Waals surface area contributed by atoms with Crippen LogP contribution in [-0.4, -0.2) is 37.6 Å². The molecule has 2 aromatic carbocycles. The number of alkyl halides is 3. The zero-order valence-electron chi connectivity index (χ0n) is 17.1. The number of anilines is 2. The Morgan fingerprint density at radius 1 is 1.06 bits per heavy atom. The molecule has 168 valence electrons. The molecule has 0 bridgehead atoms. The van der Waals surface area contributed by atoms with E-state index >= 15 is 0 Å². The first-order valence-electron chi connectivity index (χ1n) is 9.20. The average molecular weight is 457 g/mol. The van der Waals surface area contributed by atoms with Gasteiger partial charge in [0.1, 0.15) is 0 Å². The predicted molar refractivity (Wildman–Crippen MR) is 110 cm³/mol. The van der Waals surface area contributed by atoms with Gasteiger partial charge in [-0.3, -0.25) is 9.59 Å². The van der Waals surface area contributed by atoms with E-state index in [2.05, 4.69) is 10.6 Å². The molecule has 0 saturated heterocycles. The molecule has 11 heteroatoms. The van der Waals surface area contributed by atoms with Crippen LogP contribution in [0.1, 0.15) is 25.0 Å². The van der Waals surface area contributed by atoms with Gasteiger partial charge in [0.2, 0.25) is 21.8 Å².